The molecule has 0 atom stereocenters. The van der Waals surface area contributed by atoms with Crippen LogP contribution in [0.15, 0.2) is 0 Å². The number of hydrogen-bond acceptors (Lipinski definition) is 5. The summed E-state index contributed by atoms with van der Waals surface area (Å²) in [5, 5.41) is 9.62. The molecule has 0 aromatic heterocycles. The lowest BCUT2D eigenvalue weighted by Gasteiger charge is -2.45. The molecule has 0 aliphatic carbocycles. The van der Waals surface area contributed by atoms with Crippen molar-refractivity contribution in [2.24, 2.45) is 0 Å². The van der Waals surface area contributed by atoms with Gasteiger partial charge in [0.15, 0.2) is 0 Å². The van der Waals surface area contributed by atoms with Crippen LogP contribution in [0.25, 0.3) is 0 Å². The summed E-state index contributed by atoms with van der Waals surface area (Å²) in [5.41, 5.74) is -0.986. The van der Waals surface area contributed by atoms with Crippen LogP contribution in [0.4, 0.5) is 4.79 Å². The first-order valence-electron chi connectivity index (χ1n) is 7.58. The van der Waals surface area contributed by atoms with Crippen molar-refractivity contribution in [3.8, 4) is 6.07 Å². The Balaban J connectivity index is 1.94. The second-order valence-electron chi connectivity index (χ2n) is 6.77. The van der Waals surface area contributed by atoms with E-state index < -0.39 is 11.1 Å². The van der Waals surface area contributed by atoms with E-state index in [-0.39, 0.29) is 6.09 Å². The lowest BCUT2D eigenvalue weighted by atomic mass is 9.87. The normalized spacial score (nSPS) is 23.4. The highest BCUT2D eigenvalue weighted by Gasteiger charge is 2.42. The Bertz CT molecular complexity index is 411. The van der Waals surface area contributed by atoms with Crippen molar-refractivity contribution in [3.05, 3.63) is 0 Å². The van der Waals surface area contributed by atoms with E-state index in [2.05, 4.69) is 11.0 Å². The number of carbonyl (C=O) groups excluding carboxylic acids is 1. The van der Waals surface area contributed by atoms with Gasteiger partial charge in [0.25, 0.3) is 0 Å². The van der Waals surface area contributed by atoms with Gasteiger partial charge in [-0.05, 0) is 40.0 Å². The van der Waals surface area contributed by atoms with Gasteiger partial charge in [-0.3, -0.25) is 4.90 Å². The van der Waals surface area contributed by atoms with Gasteiger partial charge in [-0.15, -0.1) is 0 Å². The number of rotatable bonds is 1. The predicted molar refractivity (Wildman–Crippen MR) is 77.5 cm³/mol. The third kappa shape index (κ3) is 3.86. The molecule has 2 fully saturated rings. The van der Waals surface area contributed by atoms with Gasteiger partial charge in [-0.2, -0.15) is 5.26 Å². The Kier molecular flexibility index (Phi) is 4.74. The topological polar surface area (TPSA) is 65.8 Å². The molecule has 2 saturated heterocycles. The van der Waals surface area contributed by atoms with E-state index in [0.29, 0.717) is 32.7 Å². The van der Waals surface area contributed by atoms with Crippen LogP contribution in [0, 0.1) is 11.3 Å². The molecule has 0 aromatic rings. The first kappa shape index (κ1) is 16.1. The average molecular weight is 295 g/mol. The Labute approximate surface area is 126 Å². The van der Waals surface area contributed by atoms with Crippen molar-refractivity contribution in [2.75, 3.05) is 33.0 Å². The second kappa shape index (κ2) is 6.20. The summed E-state index contributed by atoms with van der Waals surface area (Å²) in [7, 11) is 0. The van der Waals surface area contributed by atoms with E-state index >= 15 is 0 Å². The van der Waals surface area contributed by atoms with Crippen LogP contribution in [0.3, 0.4) is 0 Å². The molecule has 2 aliphatic rings. The van der Waals surface area contributed by atoms with Gasteiger partial charge >= 0.3 is 6.09 Å². The zero-order chi connectivity index (χ0) is 15.5. The van der Waals surface area contributed by atoms with Gasteiger partial charge in [0.05, 0.1) is 6.07 Å². The third-order valence-corrected chi connectivity index (χ3v) is 4.02. The van der Waals surface area contributed by atoms with Crippen molar-refractivity contribution in [1.29, 1.82) is 5.26 Å². The molecule has 0 radical (unpaired) electrons. The van der Waals surface area contributed by atoms with Crippen LogP contribution in [-0.4, -0.2) is 60.0 Å². The quantitative estimate of drug-likeness (QED) is 0.740. The molecule has 21 heavy (non-hydrogen) atoms. The molecule has 118 valence electrons. The predicted octanol–water partition coefficient (Wildman–Crippen LogP) is 1.96. The van der Waals surface area contributed by atoms with Crippen molar-refractivity contribution in [3.63, 3.8) is 0 Å². The molecule has 0 N–H and O–H groups in total. The van der Waals surface area contributed by atoms with Gasteiger partial charge in [0.2, 0.25) is 0 Å². The van der Waals surface area contributed by atoms with Crippen molar-refractivity contribution < 1.29 is 14.3 Å². The maximum Gasteiger partial charge on any atom is 0.410 e. The Morgan fingerprint density at radius 2 is 1.95 bits per heavy atom. The van der Waals surface area contributed by atoms with E-state index in [9.17, 15) is 10.1 Å². The van der Waals surface area contributed by atoms with Crippen molar-refractivity contribution >= 4 is 6.09 Å². The number of piperidine rings is 1. The molecular weight excluding hydrogens is 270 g/mol. The van der Waals surface area contributed by atoms with E-state index in [1.54, 1.807) is 4.90 Å². The molecule has 0 saturated carbocycles. The summed E-state index contributed by atoms with van der Waals surface area (Å²) in [6.45, 7) is 8.86. The molecule has 1 amide bonds. The lowest BCUT2D eigenvalue weighted by Crippen LogP contribution is -2.57. The van der Waals surface area contributed by atoms with E-state index in [4.69, 9.17) is 9.47 Å². The zero-order valence-electron chi connectivity index (χ0n) is 13.2. The van der Waals surface area contributed by atoms with Crippen molar-refractivity contribution in [1.82, 2.24) is 9.80 Å². The van der Waals surface area contributed by atoms with E-state index in [0.717, 1.165) is 19.6 Å². The maximum absolute atomic E-state index is 12.1. The van der Waals surface area contributed by atoms with E-state index in [1.165, 1.54) is 0 Å². The summed E-state index contributed by atoms with van der Waals surface area (Å²) in [5.74, 6) is 0. The summed E-state index contributed by atoms with van der Waals surface area (Å²) in [6.07, 6.45) is 1.96. The van der Waals surface area contributed by atoms with Crippen LogP contribution in [0.2, 0.25) is 0 Å². The summed E-state index contributed by atoms with van der Waals surface area (Å²) in [4.78, 5) is 15.9. The highest BCUT2D eigenvalue weighted by Crippen LogP contribution is 2.30. The number of hydrogen-bond donors (Lipinski definition) is 0. The number of ether oxygens (including phenoxy) is 2. The number of likely N-dealkylation sites (tertiary alicyclic amines) is 1. The van der Waals surface area contributed by atoms with Gasteiger partial charge < -0.3 is 14.4 Å². The van der Waals surface area contributed by atoms with Crippen LogP contribution in [0.1, 0.15) is 40.0 Å². The minimum Gasteiger partial charge on any atom is -0.444 e. The highest BCUT2D eigenvalue weighted by molar-refractivity contribution is 5.68. The minimum absolute atomic E-state index is 0.288. The molecule has 6 nitrogen and oxygen atoms in total. The number of carbonyl (C=O) groups is 1. The fourth-order valence-electron chi connectivity index (χ4n) is 2.82. The average Bonchev–Trinajstić information content (AvgIpc) is 2.46. The minimum atomic E-state index is -0.501. The summed E-state index contributed by atoms with van der Waals surface area (Å²) in [6, 6.07) is 2.46. The molecule has 0 unspecified atom stereocenters. The third-order valence-electron chi connectivity index (χ3n) is 4.02. The van der Waals surface area contributed by atoms with Crippen molar-refractivity contribution in [2.45, 2.75) is 51.2 Å². The number of amides is 1. The van der Waals surface area contributed by atoms with Gasteiger partial charge in [0.1, 0.15) is 17.9 Å². The number of nitrogens with zero attached hydrogens (tertiary/aromatic N) is 3. The molecule has 0 bridgehead atoms. The summed E-state index contributed by atoms with van der Waals surface area (Å²) >= 11 is 0. The van der Waals surface area contributed by atoms with Gasteiger partial charge in [-0.25, -0.2) is 4.79 Å². The SMILES string of the molecule is CC(C)(C)OC(=O)N1CCC(C#N)(N2CCCOC2)CC1. The van der Waals surface area contributed by atoms with Crippen LogP contribution < -0.4 is 0 Å². The first-order chi connectivity index (χ1) is 9.86. The van der Waals surface area contributed by atoms with Crippen LogP contribution in [0.5, 0.6) is 0 Å². The maximum atomic E-state index is 12.1. The second-order valence-corrected chi connectivity index (χ2v) is 6.77. The zero-order valence-corrected chi connectivity index (χ0v) is 13.2. The molecule has 2 heterocycles. The van der Waals surface area contributed by atoms with E-state index in [1.807, 2.05) is 20.8 Å². The molecular formula is C15H25N3O3. The fourth-order valence-corrected chi connectivity index (χ4v) is 2.82. The highest BCUT2D eigenvalue weighted by atomic mass is 16.6. The lowest BCUT2D eigenvalue weighted by molar-refractivity contribution is -0.0719. The molecule has 6 heteroatoms. The standard InChI is InChI=1S/C15H25N3O3/c1-14(2,3)21-13(19)17-8-5-15(11-16,6-9-17)18-7-4-10-20-12-18/h4-10,12H2,1-3H3. The Hall–Kier alpha value is -1.32. The molecule has 2 aliphatic heterocycles. The largest absolute Gasteiger partial charge is 0.444 e. The Morgan fingerprint density at radius 1 is 1.29 bits per heavy atom. The monoisotopic (exact) mass is 295 g/mol. The van der Waals surface area contributed by atoms with Gasteiger partial charge in [0, 0.05) is 26.2 Å². The molecule has 0 spiro atoms. The Morgan fingerprint density at radius 3 is 2.43 bits per heavy atom. The van der Waals surface area contributed by atoms with Gasteiger partial charge in [-0.1, -0.05) is 0 Å². The van der Waals surface area contributed by atoms with Crippen LogP contribution >= 0.6 is 0 Å². The number of nitriles is 1. The molecule has 2 rings (SSSR count). The summed E-state index contributed by atoms with van der Waals surface area (Å²) < 4.78 is 10.9. The van der Waals surface area contributed by atoms with Crippen LogP contribution in [-0.2, 0) is 9.47 Å². The molecule has 0 aromatic carbocycles. The smallest absolute Gasteiger partial charge is 0.410 e. The fraction of sp³-hybridized carbons (Fsp3) is 0.867. The first-order valence-corrected chi connectivity index (χ1v) is 7.58.